The maximum absolute atomic E-state index is 12.9. The molecule has 5 unspecified atom stereocenters. The molecule has 5 atom stereocenters. The molecule has 0 aromatic rings. The van der Waals surface area contributed by atoms with Gasteiger partial charge in [-0.1, -0.05) is 284 Å². The number of carbonyl (C=O) groups excluding carboxylic acids is 3. The number of carbonyl (C=O) groups is 3. The molecule has 0 spiro atoms. The number of phosphoric acid groups is 2. The van der Waals surface area contributed by atoms with Crippen LogP contribution in [0.5, 0.6) is 0 Å². The van der Waals surface area contributed by atoms with Crippen LogP contribution in [0.15, 0.2) is 122 Å². The number of allylic oxidation sites excluding steroid dienone is 20. The smallest absolute Gasteiger partial charge is 0.463 e. The number of aliphatic hydroxyl groups excluding tert-OH is 2. The Morgan fingerprint density at radius 3 is 0.866 bits per heavy atom. The Balaban J connectivity index is 4.31. The summed E-state index contributed by atoms with van der Waals surface area (Å²) in [5.41, 5.74) is 0. The summed E-state index contributed by atoms with van der Waals surface area (Å²) in [5.74, 6) is -1.61. The van der Waals surface area contributed by atoms with E-state index in [1.807, 2.05) is 0 Å². The van der Waals surface area contributed by atoms with Crippen LogP contribution in [0.2, 0.25) is 0 Å². The second kappa shape index (κ2) is 71.8. The van der Waals surface area contributed by atoms with E-state index < -0.39 is 91.5 Å². The summed E-state index contributed by atoms with van der Waals surface area (Å²) < 4.78 is 60.9. The lowest BCUT2D eigenvalue weighted by molar-refractivity contribution is -0.161. The van der Waals surface area contributed by atoms with Gasteiger partial charge in [-0.05, 0) is 122 Å². The van der Waals surface area contributed by atoms with Crippen molar-refractivity contribution < 1.29 is 75.8 Å². The zero-order valence-corrected chi connectivity index (χ0v) is 62.5. The van der Waals surface area contributed by atoms with Crippen LogP contribution in [0.25, 0.3) is 0 Å². The topological polar surface area (TPSA) is 231 Å². The van der Waals surface area contributed by atoms with Gasteiger partial charge in [-0.25, -0.2) is 9.13 Å². The number of aliphatic hydroxyl groups is 2. The number of phosphoric ester groups is 2. The van der Waals surface area contributed by atoms with Crippen LogP contribution in [-0.2, 0) is 55.8 Å². The molecular formula is C79H136O16P2. The average molecular weight is 1400 g/mol. The van der Waals surface area contributed by atoms with Gasteiger partial charge in [0, 0.05) is 19.3 Å². The number of ether oxygens (including phenoxy) is 3. The Hall–Kier alpha value is -4.05. The summed E-state index contributed by atoms with van der Waals surface area (Å²) in [6, 6.07) is 0. The zero-order valence-electron chi connectivity index (χ0n) is 60.7. The first-order chi connectivity index (χ1) is 47.2. The van der Waals surface area contributed by atoms with Gasteiger partial charge in [-0.2, -0.15) is 0 Å². The second-order valence-electron chi connectivity index (χ2n) is 25.1. The van der Waals surface area contributed by atoms with Crippen molar-refractivity contribution in [1.29, 1.82) is 0 Å². The van der Waals surface area contributed by atoms with Crippen molar-refractivity contribution in [2.45, 2.75) is 322 Å². The number of esters is 3. The van der Waals surface area contributed by atoms with Crippen LogP contribution in [-0.4, -0.2) is 95.9 Å². The van der Waals surface area contributed by atoms with E-state index in [4.69, 9.17) is 32.3 Å². The maximum Gasteiger partial charge on any atom is 0.472 e. The Morgan fingerprint density at radius 1 is 0.299 bits per heavy atom. The van der Waals surface area contributed by atoms with Crippen LogP contribution in [0.4, 0.5) is 0 Å². The highest BCUT2D eigenvalue weighted by Crippen LogP contribution is 2.45. The Bertz CT molecular complexity index is 2250. The number of rotatable bonds is 71. The van der Waals surface area contributed by atoms with E-state index in [0.717, 1.165) is 161 Å². The van der Waals surface area contributed by atoms with Crippen LogP contribution in [0.1, 0.15) is 303 Å². The largest absolute Gasteiger partial charge is 0.472 e. The normalized spacial score (nSPS) is 14.8. The third-order valence-corrected chi connectivity index (χ3v) is 17.5. The summed E-state index contributed by atoms with van der Waals surface area (Å²) in [6.07, 6.45) is 84.3. The van der Waals surface area contributed by atoms with Crippen LogP contribution >= 0.6 is 15.6 Å². The quantitative estimate of drug-likeness (QED) is 0.0146. The second-order valence-corrected chi connectivity index (χ2v) is 28.0. The highest BCUT2D eigenvalue weighted by molar-refractivity contribution is 7.47. The Kier molecular flexibility index (Phi) is 68.8. The van der Waals surface area contributed by atoms with Crippen molar-refractivity contribution in [2.24, 2.45) is 0 Å². The van der Waals surface area contributed by atoms with Gasteiger partial charge in [0.1, 0.15) is 25.4 Å². The minimum atomic E-state index is -4.93. The van der Waals surface area contributed by atoms with Crippen LogP contribution in [0, 0.1) is 0 Å². The molecule has 97 heavy (non-hydrogen) atoms. The molecule has 4 N–H and O–H groups in total. The van der Waals surface area contributed by atoms with E-state index in [1.54, 1.807) is 0 Å². The standard InChI is InChI=1S/C79H136O16P2/c1-4-7-10-13-16-19-22-25-26-27-28-29-30-31-32-33-34-35-36-37-38-39-40-41-42-43-44-45-46-49-51-53-56-59-62-65-77(82)89-68-74(80)69-91-96(85,86)92-70-75(81)71-93-97(87,88)94-73-76(95-79(84)67-64-61-58-55-52-48-24-21-18-15-12-9-6-3)72-90-78(83)66-63-60-57-54-50-47-23-20-17-14-11-8-5-2/h7,10-12,14-16,19-21,23-26,28-29,31-32,34-35,74-76,80-81H,4-6,8-9,13,17-18,22,27,30,33,36-73H2,1-3H3,(H,85,86)(H,87,88)/b10-7-,14-11-,15-12-,19-16-,23-20-,24-21-,26-25-,29-28-,32-31-,35-34-. The van der Waals surface area contributed by atoms with Crippen molar-refractivity contribution in [3.05, 3.63) is 122 Å². The molecule has 0 bridgehead atoms. The number of hydrogen-bond donors (Lipinski definition) is 4. The Labute approximate surface area is 589 Å². The van der Waals surface area contributed by atoms with Gasteiger partial charge in [0.2, 0.25) is 0 Å². The lowest BCUT2D eigenvalue weighted by Crippen LogP contribution is -2.30. The molecule has 0 aromatic heterocycles. The van der Waals surface area contributed by atoms with E-state index in [-0.39, 0.29) is 19.3 Å². The highest BCUT2D eigenvalue weighted by Gasteiger charge is 2.29. The third-order valence-electron chi connectivity index (χ3n) is 15.6. The maximum atomic E-state index is 12.9. The summed E-state index contributed by atoms with van der Waals surface area (Å²) in [7, 11) is -9.78. The predicted molar refractivity (Wildman–Crippen MR) is 399 cm³/mol. The third kappa shape index (κ3) is 73.0. The molecule has 0 amide bonds. The number of unbranched alkanes of at least 4 members (excludes halogenated alkanes) is 28. The molecule has 0 aliphatic carbocycles. The van der Waals surface area contributed by atoms with Crippen LogP contribution in [0.3, 0.4) is 0 Å². The van der Waals surface area contributed by atoms with E-state index in [2.05, 4.69) is 142 Å². The fourth-order valence-electron chi connectivity index (χ4n) is 9.89. The molecule has 0 heterocycles. The monoisotopic (exact) mass is 1400 g/mol. The predicted octanol–water partition coefficient (Wildman–Crippen LogP) is 21.8. The number of hydrogen-bond acceptors (Lipinski definition) is 14. The first kappa shape index (κ1) is 93.0. The fourth-order valence-corrected chi connectivity index (χ4v) is 11.5. The van der Waals surface area contributed by atoms with E-state index in [1.165, 1.54) is 83.5 Å². The molecule has 0 aliphatic rings. The first-order valence-electron chi connectivity index (χ1n) is 37.8. The molecule has 0 rings (SSSR count). The van der Waals surface area contributed by atoms with Gasteiger partial charge in [-0.15, -0.1) is 0 Å². The fraction of sp³-hybridized carbons (Fsp3) is 0.709. The van der Waals surface area contributed by atoms with E-state index in [9.17, 15) is 43.5 Å². The SMILES string of the molecule is CC/C=C\C/C=C\C/C=C\C/C=C\C/C=C\C/C=C\CCCCCCCCCCCCCCCCCCC(=O)OCC(O)COP(=O)(O)OCC(O)COP(=O)(O)OCC(COC(=O)CCCCCCC/C=C\C/C=C\CCC)OC(=O)CCCCCCC/C=C\C/C=C\CCC. The first-order valence-corrected chi connectivity index (χ1v) is 40.8. The highest BCUT2D eigenvalue weighted by atomic mass is 31.2. The average Bonchev–Trinajstić information content (AvgIpc) is 1.57. The summed E-state index contributed by atoms with van der Waals surface area (Å²) in [5, 5.41) is 20.6. The molecule has 558 valence electrons. The molecule has 18 heteroatoms. The van der Waals surface area contributed by atoms with E-state index in [0.29, 0.717) is 19.3 Å². The molecule has 0 radical (unpaired) electrons. The summed E-state index contributed by atoms with van der Waals surface area (Å²) in [6.45, 7) is 2.39. The van der Waals surface area contributed by atoms with Gasteiger partial charge in [0.25, 0.3) is 0 Å². The zero-order chi connectivity index (χ0) is 70.9. The van der Waals surface area contributed by atoms with Gasteiger partial charge in [0.15, 0.2) is 6.10 Å². The van der Waals surface area contributed by atoms with Crippen molar-refractivity contribution in [1.82, 2.24) is 0 Å². The van der Waals surface area contributed by atoms with Gasteiger partial charge in [-0.3, -0.25) is 32.5 Å². The lowest BCUT2D eigenvalue weighted by atomic mass is 10.0. The van der Waals surface area contributed by atoms with E-state index >= 15 is 0 Å². The van der Waals surface area contributed by atoms with Crippen molar-refractivity contribution >= 4 is 33.6 Å². The molecule has 16 nitrogen and oxygen atoms in total. The molecule has 0 saturated heterocycles. The Morgan fingerprint density at radius 2 is 0.546 bits per heavy atom. The molecule has 0 fully saturated rings. The molecule has 0 aromatic carbocycles. The molecule has 0 aliphatic heterocycles. The minimum Gasteiger partial charge on any atom is -0.463 e. The molecular weight excluding hydrogens is 1270 g/mol. The van der Waals surface area contributed by atoms with Gasteiger partial charge in [0.05, 0.1) is 26.4 Å². The van der Waals surface area contributed by atoms with Crippen molar-refractivity contribution in [2.75, 3.05) is 39.6 Å². The lowest BCUT2D eigenvalue weighted by Gasteiger charge is -2.21. The summed E-state index contributed by atoms with van der Waals surface area (Å²) >= 11 is 0. The minimum absolute atomic E-state index is 0.0848. The van der Waals surface area contributed by atoms with Crippen molar-refractivity contribution in [3.63, 3.8) is 0 Å². The summed E-state index contributed by atoms with van der Waals surface area (Å²) in [4.78, 5) is 58.4. The van der Waals surface area contributed by atoms with Gasteiger partial charge >= 0.3 is 33.6 Å². The molecule has 0 saturated carbocycles. The van der Waals surface area contributed by atoms with Gasteiger partial charge < -0.3 is 34.2 Å². The van der Waals surface area contributed by atoms with Crippen molar-refractivity contribution in [3.8, 4) is 0 Å². The van der Waals surface area contributed by atoms with Crippen LogP contribution < -0.4 is 0 Å².